The number of hydrogen-bond donors (Lipinski definition) is 1. The molecule has 5 heteroatoms. The van der Waals surface area contributed by atoms with Gasteiger partial charge in [0.05, 0.1) is 27.8 Å². The van der Waals surface area contributed by atoms with Crippen molar-refractivity contribution in [1.29, 1.82) is 0 Å². The lowest BCUT2D eigenvalue weighted by Crippen LogP contribution is -2.33. The van der Waals surface area contributed by atoms with Crippen LogP contribution in [0.5, 0.6) is 17.2 Å². The number of hydrogen-bond acceptors (Lipinski definition) is 4. The molecule has 0 saturated heterocycles. The Hall–Kier alpha value is -1.91. The minimum Gasteiger partial charge on any atom is -0.493 e. The molecule has 112 valence electrons. The first-order valence-corrected chi connectivity index (χ1v) is 6.63. The molecule has 1 N–H and O–H groups in total. The molecular formula is C15H23NO4. The van der Waals surface area contributed by atoms with E-state index in [1.165, 1.54) is 0 Å². The minimum atomic E-state index is -0.0198. The van der Waals surface area contributed by atoms with Gasteiger partial charge in [0.15, 0.2) is 11.5 Å². The van der Waals surface area contributed by atoms with E-state index in [-0.39, 0.29) is 18.4 Å². The second-order valence-corrected chi connectivity index (χ2v) is 4.59. The zero-order valence-corrected chi connectivity index (χ0v) is 12.8. The second-order valence-electron chi connectivity index (χ2n) is 4.59. The highest BCUT2D eigenvalue weighted by Crippen LogP contribution is 2.38. The van der Waals surface area contributed by atoms with Gasteiger partial charge in [0, 0.05) is 6.04 Å². The highest BCUT2D eigenvalue weighted by Gasteiger charge is 2.15. The van der Waals surface area contributed by atoms with Crippen LogP contribution in [0, 0.1) is 0 Å². The Bertz CT molecular complexity index is 434. The van der Waals surface area contributed by atoms with E-state index in [2.05, 4.69) is 5.32 Å². The Morgan fingerprint density at radius 2 is 1.70 bits per heavy atom. The van der Waals surface area contributed by atoms with Crippen LogP contribution in [0.2, 0.25) is 0 Å². The topological polar surface area (TPSA) is 56.8 Å². The maximum absolute atomic E-state index is 11.9. The number of carbonyl (C=O) groups excluding carboxylic acids is 1. The van der Waals surface area contributed by atoms with Crippen molar-refractivity contribution in [2.75, 3.05) is 21.3 Å². The summed E-state index contributed by atoms with van der Waals surface area (Å²) in [5.74, 6) is 1.62. The van der Waals surface area contributed by atoms with Crippen LogP contribution in [0.15, 0.2) is 12.1 Å². The van der Waals surface area contributed by atoms with Crippen molar-refractivity contribution in [2.24, 2.45) is 0 Å². The lowest BCUT2D eigenvalue weighted by molar-refractivity contribution is -0.121. The molecule has 0 aliphatic heterocycles. The van der Waals surface area contributed by atoms with Crippen molar-refractivity contribution in [1.82, 2.24) is 5.32 Å². The minimum absolute atomic E-state index is 0.0198. The maximum Gasteiger partial charge on any atom is 0.224 e. The molecule has 0 heterocycles. The van der Waals surface area contributed by atoms with Gasteiger partial charge in [-0.2, -0.15) is 0 Å². The number of carbonyl (C=O) groups is 1. The van der Waals surface area contributed by atoms with Crippen LogP contribution in [0.3, 0.4) is 0 Å². The first-order chi connectivity index (χ1) is 9.55. The van der Waals surface area contributed by atoms with E-state index in [4.69, 9.17) is 14.2 Å². The largest absolute Gasteiger partial charge is 0.493 e. The summed E-state index contributed by atoms with van der Waals surface area (Å²) in [4.78, 5) is 11.9. The Morgan fingerprint density at radius 1 is 1.15 bits per heavy atom. The molecule has 0 radical (unpaired) electrons. The third-order valence-electron chi connectivity index (χ3n) is 3.11. The Kier molecular flexibility index (Phi) is 6.15. The third kappa shape index (κ3) is 4.05. The summed E-state index contributed by atoms with van der Waals surface area (Å²) in [6.45, 7) is 4.01. The normalized spacial score (nSPS) is 11.7. The molecule has 0 bridgehead atoms. The molecule has 1 aromatic rings. The molecule has 1 atom stereocenters. The summed E-state index contributed by atoms with van der Waals surface area (Å²) < 4.78 is 15.8. The van der Waals surface area contributed by atoms with E-state index in [9.17, 15) is 4.79 Å². The van der Waals surface area contributed by atoms with Gasteiger partial charge in [0.25, 0.3) is 0 Å². The molecule has 0 aliphatic carbocycles. The molecule has 5 nitrogen and oxygen atoms in total. The monoisotopic (exact) mass is 281 g/mol. The van der Waals surface area contributed by atoms with Crippen LogP contribution >= 0.6 is 0 Å². The number of nitrogens with one attached hydrogen (secondary N) is 1. The van der Waals surface area contributed by atoms with Gasteiger partial charge in [0.2, 0.25) is 11.7 Å². The predicted octanol–water partition coefficient (Wildman–Crippen LogP) is 2.17. The van der Waals surface area contributed by atoms with E-state index in [1.807, 2.05) is 13.8 Å². The van der Waals surface area contributed by atoms with Gasteiger partial charge in [-0.05, 0) is 31.0 Å². The number of amides is 1. The first kappa shape index (κ1) is 16.1. The standard InChI is InChI=1S/C15H23NO4/c1-6-10(2)16-14(17)9-11-7-12(18-3)15(20-5)13(8-11)19-4/h7-8,10H,6,9H2,1-5H3,(H,16,17). The molecule has 0 aliphatic rings. The summed E-state index contributed by atoms with van der Waals surface area (Å²) in [7, 11) is 4.66. The highest BCUT2D eigenvalue weighted by atomic mass is 16.5. The van der Waals surface area contributed by atoms with Gasteiger partial charge in [-0.1, -0.05) is 6.92 Å². The zero-order chi connectivity index (χ0) is 15.1. The summed E-state index contributed by atoms with van der Waals surface area (Å²) >= 11 is 0. The van der Waals surface area contributed by atoms with Crippen molar-refractivity contribution in [3.63, 3.8) is 0 Å². The SMILES string of the molecule is CCC(C)NC(=O)Cc1cc(OC)c(OC)c(OC)c1. The molecule has 1 rings (SSSR count). The fourth-order valence-electron chi connectivity index (χ4n) is 1.85. The van der Waals surface area contributed by atoms with Gasteiger partial charge in [0.1, 0.15) is 0 Å². The van der Waals surface area contributed by atoms with E-state index < -0.39 is 0 Å². The van der Waals surface area contributed by atoms with Crippen molar-refractivity contribution in [3.8, 4) is 17.2 Å². The molecule has 0 saturated carbocycles. The quantitative estimate of drug-likeness (QED) is 0.832. The van der Waals surface area contributed by atoms with E-state index >= 15 is 0 Å². The van der Waals surface area contributed by atoms with E-state index in [0.29, 0.717) is 17.2 Å². The van der Waals surface area contributed by atoms with Crippen molar-refractivity contribution in [3.05, 3.63) is 17.7 Å². The van der Waals surface area contributed by atoms with E-state index in [0.717, 1.165) is 12.0 Å². The van der Waals surface area contributed by atoms with Gasteiger partial charge in [-0.15, -0.1) is 0 Å². The molecule has 20 heavy (non-hydrogen) atoms. The summed E-state index contributed by atoms with van der Waals surface area (Å²) in [6, 6.07) is 3.75. The van der Waals surface area contributed by atoms with Crippen LogP contribution in [0.4, 0.5) is 0 Å². The van der Waals surface area contributed by atoms with Crippen LogP contribution in [0.25, 0.3) is 0 Å². The van der Waals surface area contributed by atoms with Crippen molar-refractivity contribution in [2.45, 2.75) is 32.7 Å². The average Bonchev–Trinajstić information content (AvgIpc) is 2.45. The molecular weight excluding hydrogens is 258 g/mol. The Labute approximate surface area is 120 Å². The molecule has 1 aromatic carbocycles. The molecule has 0 fully saturated rings. The van der Waals surface area contributed by atoms with Crippen LogP contribution < -0.4 is 19.5 Å². The number of benzene rings is 1. The highest BCUT2D eigenvalue weighted by molar-refractivity contribution is 5.79. The van der Waals surface area contributed by atoms with E-state index in [1.54, 1.807) is 33.5 Å². The first-order valence-electron chi connectivity index (χ1n) is 6.63. The Balaban J connectivity index is 2.93. The second kappa shape index (κ2) is 7.62. The third-order valence-corrected chi connectivity index (χ3v) is 3.11. The summed E-state index contributed by atoms with van der Waals surface area (Å²) in [5.41, 5.74) is 0.820. The zero-order valence-electron chi connectivity index (χ0n) is 12.8. The smallest absolute Gasteiger partial charge is 0.224 e. The van der Waals surface area contributed by atoms with Crippen LogP contribution in [0.1, 0.15) is 25.8 Å². The Morgan fingerprint density at radius 3 is 2.10 bits per heavy atom. The fraction of sp³-hybridized carbons (Fsp3) is 0.533. The van der Waals surface area contributed by atoms with Gasteiger partial charge in [-0.3, -0.25) is 4.79 Å². The summed E-state index contributed by atoms with van der Waals surface area (Å²) in [6.07, 6.45) is 1.18. The summed E-state index contributed by atoms with van der Waals surface area (Å²) in [5, 5.41) is 2.93. The molecule has 1 unspecified atom stereocenters. The average molecular weight is 281 g/mol. The maximum atomic E-state index is 11.9. The molecule has 1 amide bonds. The van der Waals surface area contributed by atoms with Crippen molar-refractivity contribution >= 4 is 5.91 Å². The lowest BCUT2D eigenvalue weighted by atomic mass is 10.1. The molecule has 0 aromatic heterocycles. The lowest BCUT2D eigenvalue weighted by Gasteiger charge is -2.15. The van der Waals surface area contributed by atoms with Crippen LogP contribution in [-0.4, -0.2) is 33.3 Å². The number of ether oxygens (including phenoxy) is 3. The van der Waals surface area contributed by atoms with Crippen molar-refractivity contribution < 1.29 is 19.0 Å². The fourth-order valence-corrected chi connectivity index (χ4v) is 1.85. The van der Waals surface area contributed by atoms with Gasteiger partial charge < -0.3 is 19.5 Å². The van der Waals surface area contributed by atoms with Crippen LogP contribution in [-0.2, 0) is 11.2 Å². The predicted molar refractivity (Wildman–Crippen MR) is 77.7 cm³/mol. The number of methoxy groups -OCH3 is 3. The number of rotatable bonds is 7. The van der Waals surface area contributed by atoms with Gasteiger partial charge >= 0.3 is 0 Å². The van der Waals surface area contributed by atoms with Gasteiger partial charge in [-0.25, -0.2) is 0 Å². The molecule has 0 spiro atoms.